The Morgan fingerprint density at radius 1 is 0.824 bits per heavy atom. The zero-order valence-electron chi connectivity index (χ0n) is 12.2. The van der Waals surface area contributed by atoms with Crippen molar-refractivity contribution in [2.75, 3.05) is 0 Å². The summed E-state index contributed by atoms with van der Waals surface area (Å²) < 4.78 is 0. The topological polar surface area (TPSA) is 0 Å². The van der Waals surface area contributed by atoms with Crippen LogP contribution in [0.25, 0.3) is 0 Å². The summed E-state index contributed by atoms with van der Waals surface area (Å²) in [5.41, 5.74) is 2.77. The van der Waals surface area contributed by atoms with E-state index in [2.05, 4.69) is 49.0 Å². The first-order valence-corrected chi connectivity index (χ1v) is 8.02. The lowest BCUT2D eigenvalue weighted by Gasteiger charge is -1.79. The molecule has 0 spiro atoms. The van der Waals surface area contributed by atoms with Gasteiger partial charge in [-0.05, 0) is 60.2 Å². The van der Waals surface area contributed by atoms with Crippen molar-refractivity contribution < 1.29 is 0 Å². The molecule has 0 atom stereocenters. The quantitative estimate of drug-likeness (QED) is 0.514. The van der Waals surface area contributed by atoms with Gasteiger partial charge >= 0.3 is 0 Å². The third kappa shape index (κ3) is 10.3. The fourth-order valence-corrected chi connectivity index (χ4v) is 2.18. The van der Waals surface area contributed by atoms with Gasteiger partial charge in [-0.3, -0.25) is 0 Å². The zero-order chi connectivity index (χ0) is 13.7. The van der Waals surface area contributed by atoms with Crippen LogP contribution in [0.15, 0.2) is 28.3 Å². The van der Waals surface area contributed by atoms with Gasteiger partial charge in [0.05, 0.1) is 0 Å². The molecule has 0 N–H and O–H groups in total. The van der Waals surface area contributed by atoms with E-state index in [4.69, 9.17) is 0 Å². The molecule has 0 aliphatic carbocycles. The summed E-state index contributed by atoms with van der Waals surface area (Å²) in [5, 5.41) is 6.32. The standard InChI is InChI=1S/C6H8S.C5H6S.2C2H6/c1-5-3-4-7-6(5)2;1-5-2-3-6-4-5;2*1-2/h3-4H,1-2H3;2-4H,1H3;2*1-2H3. The molecule has 2 heterocycles. The lowest BCUT2D eigenvalue weighted by Crippen LogP contribution is -1.61. The van der Waals surface area contributed by atoms with Crippen LogP contribution in [0.4, 0.5) is 0 Å². The molecule has 2 aromatic heterocycles. The minimum absolute atomic E-state index is 1.36. The van der Waals surface area contributed by atoms with E-state index in [1.807, 2.05) is 27.7 Å². The molecule has 2 aromatic rings. The van der Waals surface area contributed by atoms with Gasteiger partial charge in [0, 0.05) is 4.88 Å². The van der Waals surface area contributed by atoms with E-state index < -0.39 is 0 Å². The van der Waals surface area contributed by atoms with Crippen molar-refractivity contribution in [1.82, 2.24) is 0 Å². The van der Waals surface area contributed by atoms with E-state index in [-0.39, 0.29) is 0 Å². The third-order valence-electron chi connectivity index (χ3n) is 1.78. The SMILES string of the molecule is CC.CC.Cc1ccsc1.Cc1ccsc1C. The van der Waals surface area contributed by atoms with Gasteiger partial charge in [-0.25, -0.2) is 0 Å². The minimum Gasteiger partial charge on any atom is -0.152 e. The molecule has 0 nitrogen and oxygen atoms in total. The van der Waals surface area contributed by atoms with Gasteiger partial charge in [-0.15, -0.1) is 11.3 Å². The molecule has 17 heavy (non-hydrogen) atoms. The maximum atomic E-state index is 2.14. The van der Waals surface area contributed by atoms with Crippen LogP contribution in [0.5, 0.6) is 0 Å². The lowest BCUT2D eigenvalue weighted by molar-refractivity contribution is 1.44. The van der Waals surface area contributed by atoms with Crippen LogP contribution in [-0.4, -0.2) is 0 Å². The van der Waals surface area contributed by atoms with Crippen molar-refractivity contribution in [3.8, 4) is 0 Å². The van der Waals surface area contributed by atoms with Crippen LogP contribution < -0.4 is 0 Å². The Kier molecular flexibility index (Phi) is 14.9. The molecule has 0 fully saturated rings. The second-order valence-corrected chi connectivity index (χ2v) is 4.86. The predicted molar refractivity (Wildman–Crippen MR) is 85.5 cm³/mol. The highest BCUT2D eigenvalue weighted by atomic mass is 32.1. The summed E-state index contributed by atoms with van der Waals surface area (Å²) in [6.45, 7) is 14.4. The Morgan fingerprint density at radius 3 is 1.53 bits per heavy atom. The fourth-order valence-electron chi connectivity index (χ4n) is 0.781. The van der Waals surface area contributed by atoms with Crippen molar-refractivity contribution in [3.63, 3.8) is 0 Å². The maximum absolute atomic E-state index is 2.14. The van der Waals surface area contributed by atoms with Gasteiger partial charge in [0.25, 0.3) is 0 Å². The molecule has 98 valence electrons. The Hall–Kier alpha value is -0.600. The zero-order valence-corrected chi connectivity index (χ0v) is 13.8. The smallest absolute Gasteiger partial charge is 0.00433 e. The molecule has 0 unspecified atom stereocenters. The van der Waals surface area contributed by atoms with E-state index in [1.165, 1.54) is 16.0 Å². The van der Waals surface area contributed by atoms with Crippen LogP contribution in [0.3, 0.4) is 0 Å². The Balaban J connectivity index is 0. The molecule has 0 aromatic carbocycles. The molecular weight excluding hydrogens is 244 g/mol. The molecule has 2 rings (SSSR count). The molecule has 0 aliphatic heterocycles. The monoisotopic (exact) mass is 270 g/mol. The Morgan fingerprint density at radius 2 is 1.41 bits per heavy atom. The highest BCUT2D eigenvalue weighted by molar-refractivity contribution is 7.10. The van der Waals surface area contributed by atoms with Crippen LogP contribution in [0.1, 0.15) is 43.7 Å². The second-order valence-electron chi connectivity index (χ2n) is 2.96. The first-order chi connectivity index (χ1) is 8.20. The highest BCUT2D eigenvalue weighted by Gasteiger charge is 1.87. The minimum atomic E-state index is 1.36. The lowest BCUT2D eigenvalue weighted by atomic mass is 10.3. The van der Waals surface area contributed by atoms with Crippen LogP contribution in [-0.2, 0) is 0 Å². The van der Waals surface area contributed by atoms with Crippen molar-refractivity contribution in [2.45, 2.75) is 48.5 Å². The van der Waals surface area contributed by atoms with Gasteiger partial charge in [0.2, 0.25) is 0 Å². The first-order valence-electron chi connectivity index (χ1n) is 6.19. The predicted octanol–water partition coefficient (Wildman–Crippen LogP) is 6.47. The molecular formula is C15H26S2. The van der Waals surface area contributed by atoms with E-state index >= 15 is 0 Å². The van der Waals surface area contributed by atoms with E-state index in [0.29, 0.717) is 0 Å². The van der Waals surface area contributed by atoms with Gasteiger partial charge in [0.1, 0.15) is 0 Å². The summed E-state index contributed by atoms with van der Waals surface area (Å²) in [6.07, 6.45) is 0. The Bertz CT molecular complexity index is 315. The van der Waals surface area contributed by atoms with Crippen LogP contribution >= 0.6 is 22.7 Å². The molecule has 0 saturated heterocycles. The average molecular weight is 271 g/mol. The molecule has 2 heteroatoms. The largest absolute Gasteiger partial charge is 0.152 e. The van der Waals surface area contributed by atoms with Crippen LogP contribution in [0.2, 0.25) is 0 Å². The summed E-state index contributed by atoms with van der Waals surface area (Å²) >= 11 is 3.54. The number of thiophene rings is 2. The van der Waals surface area contributed by atoms with E-state index in [9.17, 15) is 0 Å². The maximum Gasteiger partial charge on any atom is 0.00433 e. The van der Waals surface area contributed by atoms with Gasteiger partial charge in [-0.2, -0.15) is 11.3 Å². The highest BCUT2D eigenvalue weighted by Crippen LogP contribution is 2.12. The summed E-state index contributed by atoms with van der Waals surface area (Å²) in [4.78, 5) is 1.43. The molecule has 0 aliphatic rings. The average Bonchev–Trinajstić information content (AvgIpc) is 2.98. The fraction of sp³-hybridized carbons (Fsp3) is 0.467. The molecule has 0 bridgehead atoms. The van der Waals surface area contributed by atoms with E-state index in [0.717, 1.165) is 0 Å². The van der Waals surface area contributed by atoms with Crippen LogP contribution in [0, 0.1) is 20.8 Å². The van der Waals surface area contributed by atoms with E-state index in [1.54, 1.807) is 22.7 Å². The van der Waals surface area contributed by atoms with Crippen molar-refractivity contribution in [3.05, 3.63) is 44.3 Å². The second kappa shape index (κ2) is 13.5. The normalized spacial score (nSPS) is 7.71. The summed E-state index contributed by atoms with van der Waals surface area (Å²) in [5.74, 6) is 0. The summed E-state index contributed by atoms with van der Waals surface area (Å²) in [7, 11) is 0. The van der Waals surface area contributed by atoms with Gasteiger partial charge in [0.15, 0.2) is 0 Å². The van der Waals surface area contributed by atoms with Crippen molar-refractivity contribution in [1.29, 1.82) is 0 Å². The van der Waals surface area contributed by atoms with Gasteiger partial charge in [-0.1, -0.05) is 27.7 Å². The number of rotatable bonds is 0. The number of hydrogen-bond acceptors (Lipinski definition) is 2. The first kappa shape index (κ1) is 18.8. The third-order valence-corrected chi connectivity index (χ3v) is 3.53. The molecule has 0 radical (unpaired) electrons. The van der Waals surface area contributed by atoms with Crippen molar-refractivity contribution >= 4 is 22.7 Å². The summed E-state index contributed by atoms with van der Waals surface area (Å²) in [6, 6.07) is 4.24. The number of hydrogen-bond donors (Lipinski definition) is 0. The number of aryl methyl sites for hydroxylation is 3. The van der Waals surface area contributed by atoms with Gasteiger partial charge < -0.3 is 0 Å². The molecule has 0 saturated carbocycles. The van der Waals surface area contributed by atoms with Crippen molar-refractivity contribution in [2.24, 2.45) is 0 Å². The molecule has 0 amide bonds. The Labute approximate surface area is 115 Å².